The summed E-state index contributed by atoms with van der Waals surface area (Å²) < 4.78 is 7.30. The second kappa shape index (κ2) is 9.35. The Morgan fingerprint density at radius 2 is 1.97 bits per heavy atom. The van der Waals surface area contributed by atoms with E-state index in [0.29, 0.717) is 6.61 Å². The molecule has 1 aliphatic rings. The minimum absolute atomic E-state index is 0.171. The van der Waals surface area contributed by atoms with E-state index in [1.165, 1.54) is 28.6 Å². The first-order valence-electron chi connectivity index (χ1n) is 11.6. The van der Waals surface area contributed by atoms with Crippen molar-refractivity contribution in [1.82, 2.24) is 19.9 Å². The Bertz CT molecular complexity index is 1060. The van der Waals surface area contributed by atoms with E-state index in [2.05, 4.69) is 49.8 Å². The zero-order valence-electron chi connectivity index (χ0n) is 19.5. The third kappa shape index (κ3) is 4.54. The van der Waals surface area contributed by atoms with Gasteiger partial charge in [0.25, 0.3) is 0 Å². The summed E-state index contributed by atoms with van der Waals surface area (Å²) in [4.78, 5) is 17.9. The molecule has 3 aromatic heterocycles. The van der Waals surface area contributed by atoms with Crippen molar-refractivity contribution in [2.45, 2.75) is 72.5 Å². The number of aryl methyl sites for hydroxylation is 1. The molecule has 31 heavy (non-hydrogen) atoms. The SMILES string of the molecule is CCCCc1nc2sc3c(NCCN(CC)CC)ncnc3c2c2c1COC(C)(C)C2. The maximum Gasteiger partial charge on any atom is 0.147 e. The molecule has 0 unspecified atom stereocenters. The highest BCUT2D eigenvalue weighted by Crippen LogP contribution is 2.42. The number of likely N-dealkylation sites (N-methyl/N-ethyl adjacent to an activating group) is 1. The molecule has 0 amide bonds. The molecule has 3 aromatic rings. The van der Waals surface area contributed by atoms with Crippen LogP contribution in [-0.2, 0) is 24.2 Å². The van der Waals surface area contributed by atoms with Gasteiger partial charge >= 0.3 is 0 Å². The molecule has 0 aromatic carbocycles. The molecule has 6 nitrogen and oxygen atoms in total. The lowest BCUT2D eigenvalue weighted by atomic mass is 9.88. The van der Waals surface area contributed by atoms with E-state index in [9.17, 15) is 0 Å². The molecule has 0 aliphatic carbocycles. The van der Waals surface area contributed by atoms with Crippen molar-refractivity contribution in [3.05, 3.63) is 23.1 Å². The molecule has 0 saturated heterocycles. The Labute approximate surface area is 189 Å². The average molecular weight is 442 g/mol. The molecular weight excluding hydrogens is 406 g/mol. The number of unbranched alkanes of at least 4 members (excludes halogenated alkanes) is 1. The molecule has 1 N–H and O–H groups in total. The lowest BCUT2D eigenvalue weighted by Gasteiger charge is -2.33. The van der Waals surface area contributed by atoms with Crippen LogP contribution >= 0.6 is 11.3 Å². The van der Waals surface area contributed by atoms with Crippen LogP contribution < -0.4 is 5.32 Å². The number of pyridine rings is 1. The molecular formula is C24H35N5OS. The van der Waals surface area contributed by atoms with E-state index >= 15 is 0 Å². The first kappa shape index (κ1) is 22.4. The van der Waals surface area contributed by atoms with E-state index in [0.717, 1.165) is 66.3 Å². The van der Waals surface area contributed by atoms with Gasteiger partial charge in [0.05, 0.1) is 22.4 Å². The molecule has 0 radical (unpaired) electrons. The second-order valence-electron chi connectivity index (χ2n) is 8.98. The molecule has 0 saturated carbocycles. The Morgan fingerprint density at radius 1 is 1.16 bits per heavy atom. The summed E-state index contributed by atoms with van der Waals surface area (Å²) in [7, 11) is 0. The maximum absolute atomic E-state index is 6.18. The molecule has 0 spiro atoms. The van der Waals surface area contributed by atoms with Gasteiger partial charge in [-0.2, -0.15) is 0 Å². The number of ether oxygens (including phenoxy) is 1. The zero-order valence-corrected chi connectivity index (χ0v) is 20.4. The quantitative estimate of drug-likeness (QED) is 0.493. The number of nitrogens with zero attached hydrogens (tertiary/aromatic N) is 4. The van der Waals surface area contributed by atoms with Crippen LogP contribution in [0.25, 0.3) is 20.4 Å². The van der Waals surface area contributed by atoms with Crippen LogP contribution in [0.1, 0.15) is 64.3 Å². The molecule has 168 valence electrons. The molecule has 1 aliphatic heterocycles. The van der Waals surface area contributed by atoms with Crippen molar-refractivity contribution in [3.63, 3.8) is 0 Å². The van der Waals surface area contributed by atoms with Gasteiger partial charge in [0.15, 0.2) is 0 Å². The van der Waals surface area contributed by atoms with Gasteiger partial charge in [-0.15, -0.1) is 11.3 Å². The highest BCUT2D eigenvalue weighted by molar-refractivity contribution is 7.26. The van der Waals surface area contributed by atoms with Crippen LogP contribution in [0.4, 0.5) is 5.82 Å². The summed E-state index contributed by atoms with van der Waals surface area (Å²) in [5.41, 5.74) is 4.73. The predicted molar refractivity (Wildman–Crippen MR) is 130 cm³/mol. The van der Waals surface area contributed by atoms with Crippen LogP contribution in [0.5, 0.6) is 0 Å². The third-order valence-corrected chi connectivity index (χ3v) is 7.38. The fourth-order valence-corrected chi connectivity index (χ4v) is 5.57. The number of anilines is 1. The van der Waals surface area contributed by atoms with Crippen molar-refractivity contribution < 1.29 is 4.74 Å². The monoisotopic (exact) mass is 441 g/mol. The average Bonchev–Trinajstić information content (AvgIpc) is 3.13. The van der Waals surface area contributed by atoms with E-state index in [4.69, 9.17) is 14.7 Å². The first-order valence-corrected chi connectivity index (χ1v) is 12.5. The minimum atomic E-state index is -0.171. The van der Waals surface area contributed by atoms with E-state index in [1.807, 2.05) is 0 Å². The van der Waals surface area contributed by atoms with Gasteiger partial charge in [-0.3, -0.25) is 0 Å². The highest BCUT2D eigenvalue weighted by Gasteiger charge is 2.31. The van der Waals surface area contributed by atoms with E-state index < -0.39 is 0 Å². The summed E-state index contributed by atoms with van der Waals surface area (Å²) in [5.74, 6) is 0.926. The normalized spacial score (nSPS) is 15.7. The van der Waals surface area contributed by atoms with E-state index in [1.54, 1.807) is 17.7 Å². The van der Waals surface area contributed by atoms with Crippen molar-refractivity contribution in [3.8, 4) is 0 Å². The fourth-order valence-electron chi connectivity index (χ4n) is 4.42. The highest BCUT2D eigenvalue weighted by atomic mass is 32.1. The summed E-state index contributed by atoms with van der Waals surface area (Å²) in [6.45, 7) is 15.6. The minimum Gasteiger partial charge on any atom is -0.370 e. The summed E-state index contributed by atoms with van der Waals surface area (Å²) >= 11 is 1.73. The lowest BCUT2D eigenvalue weighted by molar-refractivity contribution is -0.0401. The van der Waals surface area contributed by atoms with Gasteiger partial charge in [-0.1, -0.05) is 27.2 Å². The number of aromatic nitrogens is 3. The van der Waals surface area contributed by atoms with Gasteiger partial charge < -0.3 is 15.0 Å². The van der Waals surface area contributed by atoms with Gasteiger partial charge in [-0.25, -0.2) is 15.0 Å². The van der Waals surface area contributed by atoms with Crippen LogP contribution in [-0.4, -0.2) is 51.6 Å². The predicted octanol–water partition coefficient (Wildman–Crippen LogP) is 5.19. The number of hydrogen-bond donors (Lipinski definition) is 1. The van der Waals surface area contributed by atoms with E-state index in [-0.39, 0.29) is 5.60 Å². The Kier molecular flexibility index (Phi) is 6.74. The molecule has 0 fully saturated rings. The van der Waals surface area contributed by atoms with Crippen LogP contribution in [0, 0.1) is 0 Å². The Balaban J connectivity index is 1.78. The largest absolute Gasteiger partial charge is 0.370 e. The van der Waals surface area contributed by atoms with Crippen molar-refractivity contribution in [1.29, 1.82) is 0 Å². The number of rotatable bonds is 9. The number of hydrogen-bond acceptors (Lipinski definition) is 7. The molecule has 7 heteroatoms. The smallest absolute Gasteiger partial charge is 0.147 e. The fraction of sp³-hybridized carbons (Fsp3) is 0.625. The standard InChI is InChI=1S/C24H35N5OS/c1-6-9-10-18-17-14-30-24(4,5)13-16(17)19-20-21(31-23(19)28-18)22(27-15-26-20)25-11-12-29(7-2)8-3/h15H,6-14H2,1-5H3,(H,25,26,27). The first-order chi connectivity index (χ1) is 15.0. The van der Waals surface area contributed by atoms with Crippen LogP contribution in [0.3, 0.4) is 0 Å². The maximum atomic E-state index is 6.18. The van der Waals surface area contributed by atoms with Crippen molar-refractivity contribution in [2.24, 2.45) is 0 Å². The molecule has 4 rings (SSSR count). The Hall–Kier alpha value is -1.83. The van der Waals surface area contributed by atoms with Crippen LogP contribution in [0.2, 0.25) is 0 Å². The van der Waals surface area contributed by atoms with Crippen molar-refractivity contribution >= 4 is 37.6 Å². The summed E-state index contributed by atoms with van der Waals surface area (Å²) in [6, 6.07) is 0. The number of nitrogens with one attached hydrogen (secondary N) is 1. The van der Waals surface area contributed by atoms with Crippen molar-refractivity contribution in [2.75, 3.05) is 31.5 Å². The summed E-state index contributed by atoms with van der Waals surface area (Å²) in [6.07, 6.45) is 5.90. The number of fused-ring (bicyclic) bond motifs is 5. The van der Waals surface area contributed by atoms with Gasteiger partial charge in [0, 0.05) is 36.2 Å². The molecule has 0 bridgehead atoms. The van der Waals surface area contributed by atoms with Crippen LogP contribution in [0.15, 0.2) is 6.33 Å². The lowest BCUT2D eigenvalue weighted by Crippen LogP contribution is -2.32. The zero-order chi connectivity index (χ0) is 22.0. The van der Waals surface area contributed by atoms with Gasteiger partial charge in [-0.05, 0) is 45.3 Å². The molecule has 4 heterocycles. The topological polar surface area (TPSA) is 63.2 Å². The second-order valence-corrected chi connectivity index (χ2v) is 9.98. The summed E-state index contributed by atoms with van der Waals surface area (Å²) in [5, 5.41) is 4.77. The van der Waals surface area contributed by atoms with Gasteiger partial charge in [0.2, 0.25) is 0 Å². The van der Waals surface area contributed by atoms with Gasteiger partial charge in [0.1, 0.15) is 17.0 Å². The number of thiophene rings is 1. The third-order valence-electron chi connectivity index (χ3n) is 6.30. The Morgan fingerprint density at radius 3 is 2.71 bits per heavy atom. The molecule has 0 atom stereocenters.